The molecule has 0 saturated carbocycles. The summed E-state index contributed by atoms with van der Waals surface area (Å²) in [5.41, 5.74) is 0. The molecule has 0 heterocycles. The number of ether oxygens (including phenoxy) is 3. The fourth-order valence-corrected chi connectivity index (χ4v) is 6.67. The molecule has 0 fully saturated rings. The summed E-state index contributed by atoms with van der Waals surface area (Å²) in [6.45, 7) is 6.42. The van der Waals surface area contributed by atoms with E-state index in [1.54, 1.807) is 0 Å². The van der Waals surface area contributed by atoms with Gasteiger partial charge in [-0.15, -0.1) is 0 Å². The molecule has 0 amide bonds. The third-order valence-electron chi connectivity index (χ3n) is 10.3. The van der Waals surface area contributed by atoms with Crippen LogP contribution in [0.15, 0.2) is 60.8 Å². The van der Waals surface area contributed by atoms with Crippen LogP contribution in [0, 0.1) is 0 Å². The summed E-state index contributed by atoms with van der Waals surface area (Å²) in [5, 5.41) is 0. The zero-order valence-electron chi connectivity index (χ0n) is 38.0. The van der Waals surface area contributed by atoms with Crippen LogP contribution in [-0.4, -0.2) is 37.2 Å². The summed E-state index contributed by atoms with van der Waals surface area (Å²) in [7, 11) is 0. The van der Waals surface area contributed by atoms with Crippen LogP contribution in [0.2, 0.25) is 0 Å². The molecule has 0 bridgehead atoms. The molecular weight excluding hydrogens is 721 g/mol. The predicted octanol–water partition coefficient (Wildman–Crippen LogP) is 15.7. The van der Waals surface area contributed by atoms with Crippen molar-refractivity contribution in [1.82, 2.24) is 0 Å². The fourth-order valence-electron chi connectivity index (χ4n) is 6.67. The highest BCUT2D eigenvalue weighted by molar-refractivity contribution is 5.71. The lowest BCUT2D eigenvalue weighted by molar-refractivity contribution is -0.166. The summed E-state index contributed by atoms with van der Waals surface area (Å²) in [4.78, 5) is 37.8. The average molecular weight is 811 g/mol. The van der Waals surface area contributed by atoms with Crippen molar-refractivity contribution >= 4 is 17.9 Å². The minimum atomic E-state index is -0.803. The Morgan fingerprint density at radius 3 is 1.28 bits per heavy atom. The Bertz CT molecular complexity index is 1070. The second-order valence-corrected chi connectivity index (χ2v) is 16.1. The lowest BCUT2D eigenvalue weighted by atomic mass is 10.0. The molecule has 0 aliphatic carbocycles. The van der Waals surface area contributed by atoms with Gasteiger partial charge in [-0.3, -0.25) is 14.4 Å². The van der Waals surface area contributed by atoms with Crippen molar-refractivity contribution in [2.75, 3.05) is 13.2 Å². The van der Waals surface area contributed by atoms with Gasteiger partial charge in [-0.2, -0.15) is 0 Å². The van der Waals surface area contributed by atoms with E-state index in [0.717, 1.165) is 77.0 Å². The maximum absolute atomic E-state index is 12.7. The third kappa shape index (κ3) is 44.2. The van der Waals surface area contributed by atoms with Gasteiger partial charge in [0.25, 0.3) is 0 Å². The van der Waals surface area contributed by atoms with Crippen LogP contribution < -0.4 is 0 Å². The smallest absolute Gasteiger partial charge is 0.306 e. The predicted molar refractivity (Wildman–Crippen MR) is 247 cm³/mol. The van der Waals surface area contributed by atoms with E-state index in [1.165, 1.54) is 109 Å². The van der Waals surface area contributed by atoms with Gasteiger partial charge in [-0.05, 0) is 57.8 Å². The molecule has 334 valence electrons. The van der Waals surface area contributed by atoms with E-state index in [2.05, 4.69) is 75.5 Å². The molecule has 0 aromatic carbocycles. The first-order valence-electron chi connectivity index (χ1n) is 24.3. The van der Waals surface area contributed by atoms with Crippen molar-refractivity contribution in [2.45, 2.75) is 239 Å². The maximum atomic E-state index is 12.7. The quantitative estimate of drug-likeness (QED) is 0.0201. The standard InChI is InChI=1S/C52H90O6/c1-4-7-10-13-16-19-22-25-28-30-33-36-39-42-45-51(54)57-48-49(58-52(55)46-43-40-37-34-31-27-24-21-18-15-12-9-6-3)47-56-50(53)44-41-38-35-32-29-26-23-20-17-14-11-8-5-2/h9,12,15,18,21,24,26,29,35,38,49H,4-8,10-11,13-14,16-17,19-20,22-23,25,27-28,30-34,36-37,39-48H2,1-3H3/b12-9-,18-15-,24-21-,29-26-,38-35-. The molecule has 0 spiro atoms. The molecule has 1 unspecified atom stereocenters. The third-order valence-corrected chi connectivity index (χ3v) is 10.3. The zero-order chi connectivity index (χ0) is 42.3. The first-order valence-corrected chi connectivity index (χ1v) is 24.3. The van der Waals surface area contributed by atoms with Gasteiger partial charge in [0.1, 0.15) is 13.2 Å². The summed E-state index contributed by atoms with van der Waals surface area (Å²) in [6, 6.07) is 0. The first kappa shape index (κ1) is 55.1. The Labute approximate surface area is 358 Å². The lowest BCUT2D eigenvalue weighted by Crippen LogP contribution is -2.30. The van der Waals surface area contributed by atoms with E-state index < -0.39 is 6.10 Å². The van der Waals surface area contributed by atoms with Crippen molar-refractivity contribution in [3.05, 3.63) is 60.8 Å². The number of rotatable bonds is 43. The highest BCUT2D eigenvalue weighted by Crippen LogP contribution is 2.15. The van der Waals surface area contributed by atoms with Crippen LogP contribution in [0.3, 0.4) is 0 Å². The average Bonchev–Trinajstić information content (AvgIpc) is 3.22. The van der Waals surface area contributed by atoms with Gasteiger partial charge in [-0.25, -0.2) is 0 Å². The summed E-state index contributed by atoms with van der Waals surface area (Å²) in [5.74, 6) is -0.989. The molecular formula is C52H90O6. The first-order chi connectivity index (χ1) is 28.5. The SMILES string of the molecule is CC\C=C/C=C\C=C/CCCCCCCC(=O)OC(COC(=O)CC/C=C\C/C=C\CCCCCCCC)COC(=O)CCCCCCCCCCCCCCCC. The van der Waals surface area contributed by atoms with E-state index in [1.807, 2.05) is 6.08 Å². The highest BCUT2D eigenvalue weighted by Gasteiger charge is 2.19. The number of carbonyl (C=O) groups is 3. The number of unbranched alkanes of at least 4 members (excludes halogenated alkanes) is 24. The van der Waals surface area contributed by atoms with Gasteiger partial charge in [0.05, 0.1) is 0 Å². The minimum absolute atomic E-state index is 0.0982. The van der Waals surface area contributed by atoms with Gasteiger partial charge >= 0.3 is 17.9 Å². The Morgan fingerprint density at radius 2 is 0.776 bits per heavy atom. The fraction of sp³-hybridized carbons (Fsp3) is 0.750. The molecule has 6 nitrogen and oxygen atoms in total. The van der Waals surface area contributed by atoms with Crippen molar-refractivity contribution in [3.63, 3.8) is 0 Å². The number of carbonyl (C=O) groups excluding carboxylic acids is 3. The molecule has 0 aromatic rings. The van der Waals surface area contributed by atoms with E-state index in [0.29, 0.717) is 19.3 Å². The van der Waals surface area contributed by atoms with Crippen LogP contribution in [0.4, 0.5) is 0 Å². The molecule has 0 rings (SSSR count). The van der Waals surface area contributed by atoms with Crippen LogP contribution in [0.5, 0.6) is 0 Å². The second kappa shape index (κ2) is 46.8. The topological polar surface area (TPSA) is 78.9 Å². The van der Waals surface area contributed by atoms with Crippen molar-refractivity contribution in [1.29, 1.82) is 0 Å². The maximum Gasteiger partial charge on any atom is 0.306 e. The van der Waals surface area contributed by atoms with Crippen molar-refractivity contribution in [3.8, 4) is 0 Å². The normalized spacial score (nSPS) is 12.5. The molecule has 0 aliphatic rings. The monoisotopic (exact) mass is 811 g/mol. The molecule has 58 heavy (non-hydrogen) atoms. The summed E-state index contributed by atoms with van der Waals surface area (Å²) < 4.78 is 16.7. The van der Waals surface area contributed by atoms with Crippen molar-refractivity contribution in [2.24, 2.45) is 0 Å². The van der Waals surface area contributed by atoms with Gasteiger partial charge < -0.3 is 14.2 Å². The molecule has 0 radical (unpaired) electrons. The molecule has 1 atom stereocenters. The molecule has 0 aliphatic heterocycles. The second-order valence-electron chi connectivity index (χ2n) is 16.1. The van der Waals surface area contributed by atoms with E-state index in [9.17, 15) is 14.4 Å². The van der Waals surface area contributed by atoms with E-state index in [-0.39, 0.29) is 37.5 Å². The minimum Gasteiger partial charge on any atom is -0.462 e. The number of esters is 3. The van der Waals surface area contributed by atoms with Crippen LogP contribution in [-0.2, 0) is 28.6 Å². The van der Waals surface area contributed by atoms with Crippen LogP contribution >= 0.6 is 0 Å². The number of hydrogen-bond acceptors (Lipinski definition) is 6. The van der Waals surface area contributed by atoms with Gasteiger partial charge in [0, 0.05) is 19.3 Å². The molecule has 0 N–H and O–H groups in total. The molecule has 0 aromatic heterocycles. The Balaban J connectivity index is 4.46. The number of hydrogen-bond donors (Lipinski definition) is 0. The Kier molecular flexibility index (Phi) is 44.5. The molecule has 6 heteroatoms. The van der Waals surface area contributed by atoms with Gasteiger partial charge in [-0.1, -0.05) is 216 Å². The summed E-state index contributed by atoms with van der Waals surface area (Å²) >= 11 is 0. The van der Waals surface area contributed by atoms with E-state index >= 15 is 0 Å². The molecule has 0 saturated heterocycles. The lowest BCUT2D eigenvalue weighted by Gasteiger charge is -2.18. The highest BCUT2D eigenvalue weighted by atomic mass is 16.6. The largest absolute Gasteiger partial charge is 0.462 e. The van der Waals surface area contributed by atoms with Gasteiger partial charge in [0.2, 0.25) is 0 Å². The Hall–Kier alpha value is -2.89. The number of allylic oxidation sites excluding steroid dienone is 10. The Morgan fingerprint density at radius 1 is 0.379 bits per heavy atom. The van der Waals surface area contributed by atoms with Gasteiger partial charge in [0.15, 0.2) is 6.10 Å². The van der Waals surface area contributed by atoms with Crippen LogP contribution in [0.25, 0.3) is 0 Å². The van der Waals surface area contributed by atoms with Crippen molar-refractivity contribution < 1.29 is 28.6 Å². The van der Waals surface area contributed by atoms with E-state index in [4.69, 9.17) is 14.2 Å². The zero-order valence-corrected chi connectivity index (χ0v) is 38.0. The summed E-state index contributed by atoms with van der Waals surface area (Å²) in [6.07, 6.45) is 56.4. The van der Waals surface area contributed by atoms with Crippen LogP contribution in [0.1, 0.15) is 233 Å².